The Bertz CT molecular complexity index is 967. The van der Waals surface area contributed by atoms with Crippen molar-refractivity contribution in [2.45, 2.75) is 37.8 Å². The molecular weight excluding hydrogens is 340 g/mol. The molecule has 1 aromatic carbocycles. The molecule has 0 aliphatic carbocycles. The van der Waals surface area contributed by atoms with Gasteiger partial charge in [-0.2, -0.15) is 5.10 Å². The summed E-state index contributed by atoms with van der Waals surface area (Å²) in [6.45, 7) is 6.10. The monoisotopic (exact) mass is 360 g/mol. The summed E-state index contributed by atoms with van der Waals surface area (Å²) in [6, 6.07) is 6.35. The predicted molar refractivity (Wildman–Crippen MR) is 94.4 cm³/mol. The molecule has 0 saturated carbocycles. The Labute approximate surface area is 147 Å². The molecule has 25 heavy (non-hydrogen) atoms. The van der Waals surface area contributed by atoms with E-state index in [0.717, 1.165) is 6.26 Å². The van der Waals surface area contributed by atoms with Crippen LogP contribution in [0.2, 0.25) is 0 Å². The standard InChI is InChI=1S/C18H20N2O4S/c1-5-20-11-13(10-19-20)15-16(24-18(2,3)17(15)21)12-6-8-14(9-7-12)25(4,22)23/h6-11H,5H2,1-4H3. The van der Waals surface area contributed by atoms with Crippen LogP contribution in [0.3, 0.4) is 0 Å². The highest BCUT2D eigenvalue weighted by molar-refractivity contribution is 7.90. The first-order valence-corrected chi connectivity index (χ1v) is 9.84. The lowest BCUT2D eigenvalue weighted by Gasteiger charge is -2.17. The summed E-state index contributed by atoms with van der Waals surface area (Å²) in [5, 5.41) is 4.23. The summed E-state index contributed by atoms with van der Waals surface area (Å²) in [6.07, 6.45) is 4.61. The molecule has 1 aromatic heterocycles. The van der Waals surface area contributed by atoms with E-state index in [9.17, 15) is 13.2 Å². The molecule has 2 aromatic rings. The summed E-state index contributed by atoms with van der Waals surface area (Å²) < 4.78 is 30.9. The van der Waals surface area contributed by atoms with E-state index in [1.54, 1.807) is 36.9 Å². The van der Waals surface area contributed by atoms with Gasteiger partial charge in [0.05, 0.1) is 16.7 Å². The molecule has 0 spiro atoms. The van der Waals surface area contributed by atoms with Crippen LogP contribution >= 0.6 is 0 Å². The van der Waals surface area contributed by atoms with E-state index < -0.39 is 15.4 Å². The molecule has 132 valence electrons. The Morgan fingerprint density at radius 3 is 2.32 bits per heavy atom. The van der Waals surface area contributed by atoms with Gasteiger partial charge in [-0.25, -0.2) is 8.42 Å². The maximum absolute atomic E-state index is 12.8. The summed E-state index contributed by atoms with van der Waals surface area (Å²) in [5.41, 5.74) is 0.844. The summed E-state index contributed by atoms with van der Waals surface area (Å²) in [4.78, 5) is 13.0. The number of sulfone groups is 1. The maximum Gasteiger partial charge on any atom is 0.210 e. The molecule has 7 heteroatoms. The number of hydrogen-bond acceptors (Lipinski definition) is 5. The molecule has 0 atom stereocenters. The first-order valence-electron chi connectivity index (χ1n) is 7.95. The van der Waals surface area contributed by atoms with Crippen molar-refractivity contribution in [3.05, 3.63) is 47.8 Å². The van der Waals surface area contributed by atoms with E-state index in [4.69, 9.17) is 4.74 Å². The number of carbonyl (C=O) groups excluding carboxylic acids is 1. The third kappa shape index (κ3) is 3.11. The van der Waals surface area contributed by atoms with Crippen LogP contribution in [0.15, 0.2) is 41.6 Å². The molecule has 0 unspecified atom stereocenters. The minimum atomic E-state index is -3.28. The van der Waals surface area contributed by atoms with E-state index in [2.05, 4.69) is 5.10 Å². The van der Waals surface area contributed by atoms with E-state index in [1.165, 1.54) is 12.1 Å². The molecule has 0 radical (unpaired) electrons. The number of aromatic nitrogens is 2. The highest BCUT2D eigenvalue weighted by Crippen LogP contribution is 2.41. The van der Waals surface area contributed by atoms with Gasteiger partial charge in [-0.1, -0.05) is 0 Å². The first kappa shape index (κ1) is 17.4. The van der Waals surface area contributed by atoms with Gasteiger partial charge in [0.25, 0.3) is 0 Å². The van der Waals surface area contributed by atoms with Crippen LogP contribution < -0.4 is 0 Å². The van der Waals surface area contributed by atoms with Gasteiger partial charge in [0.1, 0.15) is 5.76 Å². The number of benzene rings is 1. The largest absolute Gasteiger partial charge is 0.478 e. The Kier molecular flexibility index (Phi) is 4.07. The fraction of sp³-hybridized carbons (Fsp3) is 0.333. The highest BCUT2D eigenvalue weighted by Gasteiger charge is 2.43. The fourth-order valence-electron chi connectivity index (χ4n) is 2.74. The number of ketones is 1. The van der Waals surface area contributed by atoms with E-state index in [-0.39, 0.29) is 10.7 Å². The number of rotatable bonds is 4. The number of aryl methyl sites for hydroxylation is 1. The molecule has 1 aliphatic rings. The maximum atomic E-state index is 12.8. The lowest BCUT2D eigenvalue weighted by atomic mass is 9.94. The first-order chi connectivity index (χ1) is 11.6. The van der Waals surface area contributed by atoms with Gasteiger partial charge in [-0.3, -0.25) is 9.48 Å². The molecule has 1 aliphatic heterocycles. The van der Waals surface area contributed by atoms with Crippen molar-refractivity contribution >= 4 is 27.0 Å². The Hall–Kier alpha value is -2.41. The lowest BCUT2D eigenvalue weighted by molar-refractivity contribution is -0.125. The topological polar surface area (TPSA) is 78.3 Å². The van der Waals surface area contributed by atoms with E-state index in [1.807, 2.05) is 13.1 Å². The van der Waals surface area contributed by atoms with Gasteiger partial charge in [-0.05, 0) is 45.0 Å². The Morgan fingerprint density at radius 2 is 1.80 bits per heavy atom. The zero-order valence-corrected chi connectivity index (χ0v) is 15.4. The van der Waals surface area contributed by atoms with Crippen molar-refractivity contribution in [1.82, 2.24) is 9.78 Å². The van der Waals surface area contributed by atoms with Crippen LogP contribution in [-0.4, -0.2) is 35.8 Å². The van der Waals surface area contributed by atoms with Crippen molar-refractivity contribution < 1.29 is 17.9 Å². The number of nitrogens with zero attached hydrogens (tertiary/aromatic N) is 2. The summed E-state index contributed by atoms with van der Waals surface area (Å²) in [7, 11) is -3.28. The van der Waals surface area contributed by atoms with Crippen molar-refractivity contribution in [1.29, 1.82) is 0 Å². The number of hydrogen-bond donors (Lipinski definition) is 0. The molecular formula is C18H20N2O4S. The third-order valence-electron chi connectivity index (χ3n) is 4.15. The van der Waals surface area contributed by atoms with Crippen molar-refractivity contribution in [2.24, 2.45) is 0 Å². The summed E-state index contributed by atoms with van der Waals surface area (Å²) >= 11 is 0. The minimum absolute atomic E-state index is 0.120. The fourth-order valence-corrected chi connectivity index (χ4v) is 3.37. The molecule has 0 amide bonds. The van der Waals surface area contributed by atoms with Crippen LogP contribution in [0.1, 0.15) is 31.9 Å². The van der Waals surface area contributed by atoms with Gasteiger partial charge in [0.15, 0.2) is 15.4 Å². The van der Waals surface area contributed by atoms with Crippen molar-refractivity contribution in [3.8, 4) is 0 Å². The predicted octanol–water partition coefficient (Wildman–Crippen LogP) is 2.55. The number of carbonyl (C=O) groups is 1. The van der Waals surface area contributed by atoms with Crippen LogP contribution in [0.25, 0.3) is 11.3 Å². The second-order valence-corrected chi connectivity index (χ2v) is 8.54. The molecule has 0 saturated heterocycles. The smallest absolute Gasteiger partial charge is 0.210 e. The van der Waals surface area contributed by atoms with Gasteiger partial charge < -0.3 is 4.74 Å². The zero-order chi connectivity index (χ0) is 18.4. The van der Waals surface area contributed by atoms with Gasteiger partial charge in [0, 0.05) is 30.1 Å². The molecule has 0 fully saturated rings. The van der Waals surface area contributed by atoms with Crippen LogP contribution in [-0.2, 0) is 25.9 Å². The zero-order valence-electron chi connectivity index (χ0n) is 14.6. The van der Waals surface area contributed by atoms with Crippen LogP contribution in [0.4, 0.5) is 0 Å². The molecule has 0 N–H and O–H groups in total. The molecule has 2 heterocycles. The van der Waals surface area contributed by atoms with Crippen molar-refractivity contribution in [2.75, 3.05) is 6.26 Å². The average Bonchev–Trinajstić information content (AvgIpc) is 3.10. The van der Waals surface area contributed by atoms with E-state index >= 15 is 0 Å². The minimum Gasteiger partial charge on any atom is -0.478 e. The molecule has 0 bridgehead atoms. The third-order valence-corrected chi connectivity index (χ3v) is 5.28. The molecule has 3 rings (SSSR count). The number of ether oxygens (including phenoxy) is 1. The number of Topliss-reactive ketones (excluding diaryl/α,β-unsaturated/α-hetero) is 1. The lowest BCUT2D eigenvalue weighted by Crippen LogP contribution is -2.29. The molecule has 6 nitrogen and oxygen atoms in total. The van der Waals surface area contributed by atoms with Gasteiger partial charge in [0.2, 0.25) is 5.78 Å². The average molecular weight is 360 g/mol. The van der Waals surface area contributed by atoms with Crippen molar-refractivity contribution in [3.63, 3.8) is 0 Å². The second-order valence-electron chi connectivity index (χ2n) is 6.53. The van der Waals surface area contributed by atoms with Gasteiger partial charge in [-0.15, -0.1) is 0 Å². The summed E-state index contributed by atoms with van der Waals surface area (Å²) in [5.74, 6) is 0.330. The Balaban J connectivity index is 2.13. The second kappa shape index (κ2) is 5.84. The van der Waals surface area contributed by atoms with Crippen LogP contribution in [0, 0.1) is 0 Å². The highest BCUT2D eigenvalue weighted by atomic mass is 32.2. The Morgan fingerprint density at radius 1 is 1.16 bits per heavy atom. The van der Waals surface area contributed by atoms with Gasteiger partial charge >= 0.3 is 0 Å². The normalized spacial score (nSPS) is 17.0. The SMILES string of the molecule is CCn1cc(C2=C(c3ccc(S(C)(=O)=O)cc3)OC(C)(C)C2=O)cn1. The quantitative estimate of drug-likeness (QED) is 0.837. The van der Waals surface area contributed by atoms with E-state index in [0.29, 0.717) is 29.0 Å². The van der Waals surface area contributed by atoms with Crippen LogP contribution in [0.5, 0.6) is 0 Å².